The Bertz CT molecular complexity index is 1040. The van der Waals surface area contributed by atoms with Gasteiger partial charge in [0.1, 0.15) is 5.65 Å². The fourth-order valence-electron chi connectivity index (χ4n) is 3.39. The summed E-state index contributed by atoms with van der Waals surface area (Å²) < 4.78 is 17.9. The third kappa shape index (κ3) is 3.96. The van der Waals surface area contributed by atoms with E-state index in [4.69, 9.17) is 14.2 Å². The maximum atomic E-state index is 12.5. The number of benzene rings is 1. The largest absolute Gasteiger partial charge is 0.493 e. The van der Waals surface area contributed by atoms with E-state index in [1.165, 1.54) is 0 Å². The Labute approximate surface area is 169 Å². The average Bonchev–Trinajstić information content (AvgIpc) is 2.75. The van der Waals surface area contributed by atoms with Gasteiger partial charge in [-0.15, -0.1) is 0 Å². The summed E-state index contributed by atoms with van der Waals surface area (Å²) in [6, 6.07) is 6.94. The molecule has 3 rings (SSSR count). The normalized spacial score (nSPS) is 11.0. The Kier molecular flexibility index (Phi) is 6.21. The number of pyridine rings is 1. The monoisotopic (exact) mass is 398 g/mol. The van der Waals surface area contributed by atoms with Crippen LogP contribution in [0.5, 0.6) is 17.2 Å². The first kappa shape index (κ1) is 20.4. The van der Waals surface area contributed by atoms with Crippen LogP contribution in [-0.4, -0.2) is 35.9 Å². The molecule has 8 nitrogen and oxygen atoms in total. The predicted molar refractivity (Wildman–Crippen MR) is 113 cm³/mol. The van der Waals surface area contributed by atoms with E-state index >= 15 is 0 Å². The van der Waals surface area contributed by atoms with Crippen molar-refractivity contribution in [2.75, 3.05) is 26.6 Å². The molecule has 0 aliphatic rings. The molecule has 0 radical (unpaired) electrons. The number of nitrogens with one attached hydrogen (secondary N) is 1. The summed E-state index contributed by atoms with van der Waals surface area (Å²) >= 11 is 0. The highest BCUT2D eigenvalue weighted by Gasteiger charge is 2.16. The number of hydrogen-bond donors (Lipinski definition) is 1. The molecule has 1 aromatic carbocycles. The van der Waals surface area contributed by atoms with Crippen molar-refractivity contribution >= 4 is 22.7 Å². The number of fused-ring (bicyclic) bond motifs is 1. The van der Waals surface area contributed by atoms with Gasteiger partial charge in [0.05, 0.1) is 21.3 Å². The van der Waals surface area contributed by atoms with Crippen LogP contribution in [0.4, 0.5) is 11.6 Å². The average molecular weight is 398 g/mol. The molecule has 0 unspecified atom stereocenters. The third-order valence-electron chi connectivity index (χ3n) is 4.90. The van der Waals surface area contributed by atoms with Gasteiger partial charge >= 0.3 is 0 Å². The second kappa shape index (κ2) is 8.81. The lowest BCUT2D eigenvalue weighted by Gasteiger charge is -2.18. The molecule has 1 N–H and O–H groups in total. The highest BCUT2D eigenvalue weighted by molar-refractivity contribution is 5.76. The van der Waals surface area contributed by atoms with Gasteiger partial charge < -0.3 is 19.5 Å². The van der Waals surface area contributed by atoms with Crippen LogP contribution in [0.2, 0.25) is 0 Å². The zero-order chi connectivity index (χ0) is 21.0. The fraction of sp³-hybridized carbons (Fsp3) is 0.381. The van der Waals surface area contributed by atoms with Crippen molar-refractivity contribution in [1.82, 2.24) is 14.5 Å². The summed E-state index contributed by atoms with van der Waals surface area (Å²) in [5.41, 5.74) is 1.21. The van der Waals surface area contributed by atoms with Crippen LogP contribution in [0.25, 0.3) is 11.0 Å². The molecule has 0 saturated carbocycles. The van der Waals surface area contributed by atoms with Gasteiger partial charge in [-0.1, -0.05) is 13.8 Å². The number of aromatic nitrogens is 3. The van der Waals surface area contributed by atoms with E-state index in [9.17, 15) is 4.79 Å². The second-order valence-electron chi connectivity index (χ2n) is 6.52. The molecule has 3 aromatic rings. The number of hydrogen-bond acceptors (Lipinski definition) is 7. The lowest BCUT2D eigenvalue weighted by molar-refractivity contribution is 0.324. The van der Waals surface area contributed by atoms with Crippen molar-refractivity contribution < 1.29 is 14.2 Å². The first-order valence-corrected chi connectivity index (χ1v) is 9.51. The van der Waals surface area contributed by atoms with Crippen LogP contribution >= 0.6 is 0 Å². The lowest BCUT2D eigenvalue weighted by Crippen LogP contribution is -2.24. The summed E-state index contributed by atoms with van der Waals surface area (Å²) in [6.45, 7) is 4.13. The number of rotatable bonds is 8. The van der Waals surface area contributed by atoms with Crippen molar-refractivity contribution in [3.05, 3.63) is 40.8 Å². The highest BCUT2D eigenvalue weighted by Crippen LogP contribution is 2.40. The van der Waals surface area contributed by atoms with Crippen LogP contribution < -0.4 is 25.1 Å². The van der Waals surface area contributed by atoms with Crippen molar-refractivity contribution in [3.63, 3.8) is 0 Å². The molecule has 0 bridgehead atoms. The second-order valence-corrected chi connectivity index (χ2v) is 6.52. The quantitative estimate of drug-likeness (QED) is 0.615. The van der Waals surface area contributed by atoms with E-state index in [0.29, 0.717) is 34.5 Å². The number of anilines is 2. The molecule has 2 aromatic heterocycles. The SMILES string of the molecule is CCC(CC)n1c(=O)ccc2cnc(Nc3cc(OC)c(OC)c(OC)c3)nc21. The maximum Gasteiger partial charge on any atom is 0.252 e. The van der Waals surface area contributed by atoms with Gasteiger partial charge in [-0.25, -0.2) is 4.98 Å². The molecule has 0 amide bonds. The van der Waals surface area contributed by atoms with Gasteiger partial charge in [0.15, 0.2) is 11.5 Å². The van der Waals surface area contributed by atoms with Gasteiger partial charge in [-0.05, 0) is 18.9 Å². The number of methoxy groups -OCH3 is 3. The van der Waals surface area contributed by atoms with Gasteiger partial charge in [0.2, 0.25) is 11.7 Å². The summed E-state index contributed by atoms with van der Waals surface area (Å²) in [7, 11) is 4.67. The molecule has 0 spiro atoms. The molecule has 0 fully saturated rings. The molecule has 154 valence electrons. The molecule has 0 saturated heterocycles. The Morgan fingerprint density at radius 1 is 1.03 bits per heavy atom. The van der Waals surface area contributed by atoms with Gasteiger partial charge in [0.25, 0.3) is 5.56 Å². The van der Waals surface area contributed by atoms with E-state index < -0.39 is 0 Å². The van der Waals surface area contributed by atoms with Crippen molar-refractivity contribution in [1.29, 1.82) is 0 Å². The minimum atomic E-state index is -0.0661. The molecule has 0 atom stereocenters. The van der Waals surface area contributed by atoms with E-state index in [-0.39, 0.29) is 11.6 Å². The van der Waals surface area contributed by atoms with Crippen LogP contribution in [0.15, 0.2) is 35.3 Å². The molecule has 0 aliphatic carbocycles. The highest BCUT2D eigenvalue weighted by atomic mass is 16.5. The topological polar surface area (TPSA) is 87.5 Å². The van der Waals surface area contributed by atoms with Crippen molar-refractivity contribution in [2.45, 2.75) is 32.7 Å². The summed E-state index contributed by atoms with van der Waals surface area (Å²) in [5.74, 6) is 1.91. The summed E-state index contributed by atoms with van der Waals surface area (Å²) in [4.78, 5) is 21.6. The molecule has 2 heterocycles. The Morgan fingerprint density at radius 3 is 2.24 bits per heavy atom. The molecular formula is C21H26N4O4. The van der Waals surface area contributed by atoms with Crippen LogP contribution in [0.1, 0.15) is 32.7 Å². The van der Waals surface area contributed by atoms with Crippen LogP contribution in [0, 0.1) is 0 Å². The molecule has 8 heteroatoms. The maximum absolute atomic E-state index is 12.5. The van der Waals surface area contributed by atoms with E-state index in [2.05, 4.69) is 29.1 Å². The smallest absolute Gasteiger partial charge is 0.252 e. The van der Waals surface area contributed by atoms with Crippen LogP contribution in [-0.2, 0) is 0 Å². The standard InChI is InChI=1S/C21H26N4O4/c1-6-15(7-2)25-18(26)9-8-13-12-22-21(24-20(13)25)23-14-10-16(27-3)19(29-5)17(11-14)28-4/h8-12,15H,6-7H2,1-5H3,(H,22,23,24). The van der Waals surface area contributed by atoms with Crippen molar-refractivity contribution in [3.8, 4) is 17.2 Å². The first-order valence-electron chi connectivity index (χ1n) is 9.51. The minimum Gasteiger partial charge on any atom is -0.493 e. The molecular weight excluding hydrogens is 372 g/mol. The summed E-state index contributed by atoms with van der Waals surface area (Å²) in [6.07, 6.45) is 3.39. The zero-order valence-corrected chi connectivity index (χ0v) is 17.4. The van der Waals surface area contributed by atoms with Crippen LogP contribution in [0.3, 0.4) is 0 Å². The number of ether oxygens (including phenoxy) is 3. The van der Waals surface area contributed by atoms with Gasteiger partial charge in [-0.2, -0.15) is 4.98 Å². The lowest BCUT2D eigenvalue weighted by atomic mass is 10.1. The van der Waals surface area contributed by atoms with Crippen molar-refractivity contribution in [2.24, 2.45) is 0 Å². The predicted octanol–water partition coefficient (Wildman–Crippen LogP) is 3.92. The molecule has 0 aliphatic heterocycles. The van der Waals surface area contributed by atoms with Gasteiger partial charge in [0, 0.05) is 41.5 Å². The Morgan fingerprint density at radius 2 is 1.69 bits per heavy atom. The number of nitrogens with zero attached hydrogens (tertiary/aromatic N) is 3. The zero-order valence-electron chi connectivity index (χ0n) is 17.4. The third-order valence-corrected chi connectivity index (χ3v) is 4.90. The Balaban J connectivity index is 2.08. The summed E-state index contributed by atoms with van der Waals surface area (Å²) in [5, 5.41) is 3.98. The van der Waals surface area contributed by atoms with E-state index in [1.807, 2.05) is 0 Å². The Hall–Kier alpha value is -3.29. The minimum absolute atomic E-state index is 0.0661. The molecule has 29 heavy (non-hydrogen) atoms. The van der Waals surface area contributed by atoms with Gasteiger partial charge in [-0.3, -0.25) is 9.36 Å². The first-order chi connectivity index (χ1) is 14.1. The van der Waals surface area contributed by atoms with E-state index in [0.717, 1.165) is 18.2 Å². The van der Waals surface area contributed by atoms with E-state index in [1.54, 1.807) is 56.4 Å². The fourth-order valence-corrected chi connectivity index (χ4v) is 3.39.